The lowest BCUT2D eigenvalue weighted by atomic mass is 9.67. The van der Waals surface area contributed by atoms with Crippen molar-refractivity contribution in [3.05, 3.63) is 29.8 Å². The van der Waals surface area contributed by atoms with Crippen LogP contribution >= 0.6 is 0 Å². The molecule has 1 heterocycles. The molecule has 0 spiro atoms. The van der Waals surface area contributed by atoms with Crippen molar-refractivity contribution in [1.82, 2.24) is 15.5 Å². The fourth-order valence-corrected chi connectivity index (χ4v) is 4.07. The highest BCUT2D eigenvalue weighted by Crippen LogP contribution is 2.43. The molecule has 2 atom stereocenters. The first-order valence-corrected chi connectivity index (χ1v) is 9.42. The Balaban J connectivity index is 1.57. The Morgan fingerprint density at radius 2 is 2.19 bits per heavy atom. The largest absolute Gasteiger partial charge is 0.484 e. The number of carbonyl (C=O) groups excluding carboxylic acids is 2. The highest BCUT2D eigenvalue weighted by molar-refractivity contribution is 5.84. The molecule has 3 rings (SSSR count). The van der Waals surface area contributed by atoms with Crippen LogP contribution in [0.15, 0.2) is 24.3 Å². The van der Waals surface area contributed by atoms with Crippen molar-refractivity contribution in [2.75, 3.05) is 33.8 Å². The number of likely N-dealkylation sites (N-methyl/N-ethyl adjacent to an activating group) is 1. The predicted molar refractivity (Wildman–Crippen MR) is 99.7 cm³/mol. The van der Waals surface area contributed by atoms with Crippen molar-refractivity contribution >= 4 is 11.8 Å². The Morgan fingerprint density at radius 3 is 3.00 bits per heavy atom. The predicted octanol–water partition coefficient (Wildman–Crippen LogP) is 1.55. The van der Waals surface area contributed by atoms with Gasteiger partial charge in [0, 0.05) is 27.2 Å². The van der Waals surface area contributed by atoms with E-state index in [1.54, 1.807) is 14.1 Å². The molecular weight excluding hydrogens is 330 g/mol. The van der Waals surface area contributed by atoms with E-state index in [1.165, 1.54) is 11.3 Å². The van der Waals surface area contributed by atoms with Gasteiger partial charge in [-0.2, -0.15) is 0 Å². The summed E-state index contributed by atoms with van der Waals surface area (Å²) in [6, 6.07) is 7.55. The third kappa shape index (κ3) is 4.01. The van der Waals surface area contributed by atoms with Gasteiger partial charge in [-0.25, -0.2) is 0 Å². The van der Waals surface area contributed by atoms with Crippen LogP contribution in [0.4, 0.5) is 0 Å². The van der Waals surface area contributed by atoms with Crippen molar-refractivity contribution in [2.24, 2.45) is 11.3 Å². The normalized spacial score (nSPS) is 24.6. The van der Waals surface area contributed by atoms with Gasteiger partial charge in [0.2, 0.25) is 5.91 Å². The summed E-state index contributed by atoms with van der Waals surface area (Å²) in [4.78, 5) is 26.1. The van der Waals surface area contributed by atoms with Crippen molar-refractivity contribution in [1.29, 1.82) is 0 Å². The summed E-state index contributed by atoms with van der Waals surface area (Å²) in [6.07, 6.45) is 4.48. The standard InChI is InChI=1S/C20H29N3O3/c1-23(2)18(24)13-26-17-8-5-6-15(10-17)11-22-19(25)20-9-4-3-7-16(20)12-21-14-20/h5-6,8,10,16,21H,3-4,7,9,11-14H2,1-2H3,(H,22,25)/t16-,20+/m0/s1. The van der Waals surface area contributed by atoms with E-state index in [0.717, 1.165) is 37.9 Å². The summed E-state index contributed by atoms with van der Waals surface area (Å²) >= 11 is 0. The van der Waals surface area contributed by atoms with Gasteiger partial charge in [0.1, 0.15) is 5.75 Å². The summed E-state index contributed by atoms with van der Waals surface area (Å²) in [5.74, 6) is 1.19. The molecule has 1 aliphatic heterocycles. The van der Waals surface area contributed by atoms with Crippen LogP contribution in [0, 0.1) is 11.3 Å². The van der Waals surface area contributed by atoms with Gasteiger partial charge in [-0.3, -0.25) is 9.59 Å². The molecule has 1 aromatic carbocycles. The highest BCUT2D eigenvalue weighted by atomic mass is 16.5. The average molecular weight is 359 g/mol. The van der Waals surface area contributed by atoms with Crippen LogP contribution < -0.4 is 15.4 Å². The van der Waals surface area contributed by atoms with E-state index >= 15 is 0 Å². The molecule has 1 saturated heterocycles. The summed E-state index contributed by atoms with van der Waals surface area (Å²) in [5.41, 5.74) is 0.743. The minimum absolute atomic E-state index is 0.0132. The minimum Gasteiger partial charge on any atom is -0.484 e. The first-order valence-electron chi connectivity index (χ1n) is 9.42. The molecule has 1 aromatic rings. The molecule has 142 valence electrons. The molecule has 6 nitrogen and oxygen atoms in total. The zero-order valence-electron chi connectivity index (χ0n) is 15.7. The zero-order chi connectivity index (χ0) is 18.6. The minimum atomic E-state index is -0.232. The number of fused-ring (bicyclic) bond motifs is 1. The Labute approximate surface area is 155 Å². The van der Waals surface area contributed by atoms with E-state index in [4.69, 9.17) is 4.74 Å². The molecule has 6 heteroatoms. The summed E-state index contributed by atoms with van der Waals surface area (Å²) in [6.45, 7) is 2.24. The monoisotopic (exact) mass is 359 g/mol. The topological polar surface area (TPSA) is 70.7 Å². The van der Waals surface area contributed by atoms with E-state index in [0.29, 0.717) is 18.2 Å². The smallest absolute Gasteiger partial charge is 0.259 e. The fourth-order valence-electron chi connectivity index (χ4n) is 4.07. The second-order valence-corrected chi connectivity index (χ2v) is 7.64. The molecule has 26 heavy (non-hydrogen) atoms. The van der Waals surface area contributed by atoms with Gasteiger partial charge in [-0.15, -0.1) is 0 Å². The Kier molecular flexibility index (Phi) is 5.81. The van der Waals surface area contributed by atoms with Gasteiger partial charge in [0.05, 0.1) is 5.41 Å². The number of ether oxygens (including phenoxy) is 1. The Hall–Kier alpha value is -2.08. The SMILES string of the molecule is CN(C)C(=O)COc1cccc(CNC(=O)[C@@]23CCCC[C@H]2CNC3)c1. The van der Waals surface area contributed by atoms with Crippen LogP contribution in [0.1, 0.15) is 31.2 Å². The van der Waals surface area contributed by atoms with Gasteiger partial charge in [0.15, 0.2) is 6.61 Å². The third-order valence-electron chi connectivity index (χ3n) is 5.70. The van der Waals surface area contributed by atoms with E-state index in [2.05, 4.69) is 10.6 Å². The van der Waals surface area contributed by atoms with Crippen LogP contribution in [-0.4, -0.2) is 50.5 Å². The summed E-state index contributed by atoms with van der Waals surface area (Å²) in [5, 5.41) is 6.54. The molecule has 2 aliphatic rings. The van der Waals surface area contributed by atoms with Crippen LogP contribution in [0.3, 0.4) is 0 Å². The number of benzene rings is 1. The molecule has 0 unspecified atom stereocenters. The number of carbonyl (C=O) groups is 2. The van der Waals surface area contributed by atoms with Crippen molar-refractivity contribution < 1.29 is 14.3 Å². The maximum atomic E-state index is 12.9. The maximum absolute atomic E-state index is 12.9. The van der Waals surface area contributed by atoms with Crippen LogP contribution in [0.2, 0.25) is 0 Å². The number of hydrogen-bond acceptors (Lipinski definition) is 4. The van der Waals surface area contributed by atoms with Crippen LogP contribution in [-0.2, 0) is 16.1 Å². The van der Waals surface area contributed by atoms with Crippen LogP contribution in [0.25, 0.3) is 0 Å². The number of nitrogens with one attached hydrogen (secondary N) is 2. The second-order valence-electron chi connectivity index (χ2n) is 7.64. The molecule has 1 aliphatic carbocycles. The quantitative estimate of drug-likeness (QED) is 0.808. The Bertz CT molecular complexity index is 661. The van der Waals surface area contributed by atoms with Crippen LogP contribution in [0.5, 0.6) is 5.75 Å². The van der Waals surface area contributed by atoms with Gasteiger partial charge >= 0.3 is 0 Å². The third-order valence-corrected chi connectivity index (χ3v) is 5.70. The van der Waals surface area contributed by atoms with Gasteiger partial charge in [-0.1, -0.05) is 25.0 Å². The van der Waals surface area contributed by atoms with Gasteiger partial charge in [0.25, 0.3) is 5.91 Å². The number of hydrogen-bond donors (Lipinski definition) is 2. The van der Waals surface area contributed by atoms with E-state index in [9.17, 15) is 9.59 Å². The van der Waals surface area contributed by atoms with E-state index < -0.39 is 0 Å². The lowest BCUT2D eigenvalue weighted by molar-refractivity contribution is -0.134. The maximum Gasteiger partial charge on any atom is 0.259 e. The lowest BCUT2D eigenvalue weighted by Gasteiger charge is -2.37. The molecule has 1 saturated carbocycles. The van der Waals surface area contributed by atoms with Gasteiger partial charge < -0.3 is 20.3 Å². The van der Waals surface area contributed by atoms with Crippen molar-refractivity contribution in [2.45, 2.75) is 32.2 Å². The number of nitrogens with zero attached hydrogens (tertiary/aromatic N) is 1. The number of rotatable bonds is 6. The number of amides is 2. The van der Waals surface area contributed by atoms with Crippen molar-refractivity contribution in [3.63, 3.8) is 0 Å². The lowest BCUT2D eigenvalue weighted by Crippen LogP contribution is -2.47. The first-order chi connectivity index (χ1) is 12.5. The molecule has 0 bridgehead atoms. The van der Waals surface area contributed by atoms with E-state index in [1.807, 2.05) is 24.3 Å². The summed E-state index contributed by atoms with van der Waals surface area (Å²) in [7, 11) is 3.40. The average Bonchev–Trinajstić information content (AvgIpc) is 3.09. The Morgan fingerprint density at radius 1 is 1.35 bits per heavy atom. The molecule has 0 radical (unpaired) electrons. The second kappa shape index (κ2) is 8.08. The summed E-state index contributed by atoms with van der Waals surface area (Å²) < 4.78 is 5.55. The molecule has 0 aromatic heterocycles. The highest BCUT2D eigenvalue weighted by Gasteiger charge is 2.49. The molecular formula is C20H29N3O3. The zero-order valence-corrected chi connectivity index (χ0v) is 15.7. The van der Waals surface area contributed by atoms with Crippen molar-refractivity contribution in [3.8, 4) is 5.75 Å². The molecule has 2 amide bonds. The molecule has 2 fully saturated rings. The van der Waals surface area contributed by atoms with E-state index in [-0.39, 0.29) is 23.8 Å². The van der Waals surface area contributed by atoms with Gasteiger partial charge in [-0.05, 0) is 43.0 Å². The molecule has 2 N–H and O–H groups in total. The fraction of sp³-hybridized carbons (Fsp3) is 0.600. The first kappa shape index (κ1) is 18.7.